The maximum absolute atomic E-state index is 10.6. The first-order valence-corrected chi connectivity index (χ1v) is 12.4. The van der Waals surface area contributed by atoms with Gasteiger partial charge in [-0.2, -0.15) is 0 Å². The number of hydrogen-bond donors (Lipinski definition) is 2. The van der Waals surface area contributed by atoms with Crippen LogP contribution in [0.25, 0.3) is 0 Å². The van der Waals surface area contributed by atoms with Crippen LogP contribution in [0.2, 0.25) is 0 Å². The lowest BCUT2D eigenvalue weighted by Crippen LogP contribution is -2.41. The number of benzene rings is 1. The van der Waals surface area contributed by atoms with Gasteiger partial charge >= 0.3 is 0 Å². The van der Waals surface area contributed by atoms with E-state index in [1.807, 2.05) is 11.3 Å². The van der Waals surface area contributed by atoms with Crippen molar-refractivity contribution in [3.63, 3.8) is 0 Å². The van der Waals surface area contributed by atoms with Crippen LogP contribution < -0.4 is 5.32 Å². The molecule has 0 amide bonds. The van der Waals surface area contributed by atoms with Crippen LogP contribution in [-0.4, -0.2) is 65.2 Å². The molecule has 1 unspecified atom stereocenters. The summed E-state index contributed by atoms with van der Waals surface area (Å²) in [7, 11) is 2.05. The number of fused-ring (bicyclic) bond motifs is 2. The standard InChI is InChI=1S/C24H35N5OS/c1-3-25-24(28(2)17-23-27-21-10-6-7-11-22(21)31-23)26-14-20(30)16-29-13-12-18-8-4-5-9-19(18)15-29/h4-5,8-9,20,30H,3,6-7,10-17H2,1-2H3,(H,25,26). The van der Waals surface area contributed by atoms with Crippen molar-refractivity contribution in [1.29, 1.82) is 0 Å². The fourth-order valence-electron chi connectivity index (χ4n) is 4.48. The van der Waals surface area contributed by atoms with Gasteiger partial charge in [0.1, 0.15) is 5.01 Å². The molecule has 0 bridgehead atoms. The van der Waals surface area contributed by atoms with Crippen molar-refractivity contribution in [2.75, 3.05) is 33.2 Å². The van der Waals surface area contributed by atoms with E-state index in [-0.39, 0.29) is 0 Å². The third-order valence-electron chi connectivity index (χ3n) is 6.09. The average Bonchev–Trinajstić information content (AvgIpc) is 3.18. The van der Waals surface area contributed by atoms with Crippen LogP contribution in [0.15, 0.2) is 29.3 Å². The largest absolute Gasteiger partial charge is 0.390 e. The molecule has 6 nitrogen and oxygen atoms in total. The van der Waals surface area contributed by atoms with Gasteiger partial charge in [-0.05, 0) is 50.2 Å². The summed E-state index contributed by atoms with van der Waals surface area (Å²) in [6.07, 6.45) is 5.43. The Labute approximate surface area is 190 Å². The van der Waals surface area contributed by atoms with Crippen LogP contribution >= 0.6 is 11.3 Å². The molecule has 1 aliphatic heterocycles. The summed E-state index contributed by atoms with van der Waals surface area (Å²) in [5.74, 6) is 0.832. The monoisotopic (exact) mass is 441 g/mol. The molecular formula is C24H35N5OS. The van der Waals surface area contributed by atoms with Crippen molar-refractivity contribution in [1.82, 2.24) is 20.1 Å². The Morgan fingerprint density at radius 2 is 2.06 bits per heavy atom. The zero-order valence-corrected chi connectivity index (χ0v) is 19.6. The lowest BCUT2D eigenvalue weighted by atomic mass is 10.00. The summed E-state index contributed by atoms with van der Waals surface area (Å²) in [5, 5.41) is 15.2. The van der Waals surface area contributed by atoms with Crippen LogP contribution in [0.5, 0.6) is 0 Å². The molecule has 1 aliphatic carbocycles. The van der Waals surface area contributed by atoms with Crippen LogP contribution in [0.4, 0.5) is 0 Å². The minimum absolute atomic E-state index is 0.402. The Morgan fingerprint density at radius 3 is 2.87 bits per heavy atom. The van der Waals surface area contributed by atoms with Crippen LogP contribution in [0, 0.1) is 0 Å². The minimum atomic E-state index is -0.473. The van der Waals surface area contributed by atoms with Gasteiger partial charge in [-0.3, -0.25) is 9.89 Å². The molecule has 7 heteroatoms. The zero-order chi connectivity index (χ0) is 21.6. The molecule has 31 heavy (non-hydrogen) atoms. The number of hydrogen-bond acceptors (Lipinski definition) is 5. The third-order valence-corrected chi connectivity index (χ3v) is 7.23. The number of aliphatic imine (C=N–C) groups is 1. The van der Waals surface area contributed by atoms with Crippen molar-refractivity contribution in [3.8, 4) is 0 Å². The second-order valence-electron chi connectivity index (χ2n) is 8.64. The maximum atomic E-state index is 10.6. The number of nitrogens with zero attached hydrogens (tertiary/aromatic N) is 4. The van der Waals surface area contributed by atoms with E-state index < -0.39 is 6.10 Å². The first kappa shape index (κ1) is 22.2. The lowest BCUT2D eigenvalue weighted by molar-refractivity contribution is 0.111. The van der Waals surface area contributed by atoms with E-state index in [2.05, 4.69) is 53.4 Å². The topological polar surface area (TPSA) is 64.0 Å². The Balaban J connectivity index is 1.32. The average molecular weight is 442 g/mol. The first-order chi connectivity index (χ1) is 15.1. The molecule has 0 radical (unpaired) electrons. The Hall–Kier alpha value is -1.96. The zero-order valence-electron chi connectivity index (χ0n) is 18.8. The van der Waals surface area contributed by atoms with Gasteiger partial charge in [0.15, 0.2) is 5.96 Å². The Bertz CT molecular complexity index is 872. The van der Waals surface area contributed by atoms with Crippen molar-refractivity contribution in [2.45, 2.75) is 58.2 Å². The van der Waals surface area contributed by atoms with E-state index in [0.717, 1.165) is 50.0 Å². The molecule has 168 valence electrons. The molecule has 1 atom stereocenters. The summed E-state index contributed by atoms with van der Waals surface area (Å²) >= 11 is 1.85. The van der Waals surface area contributed by atoms with Gasteiger partial charge < -0.3 is 15.3 Å². The number of thiazole rings is 1. The third kappa shape index (κ3) is 5.84. The maximum Gasteiger partial charge on any atom is 0.194 e. The molecular weight excluding hydrogens is 406 g/mol. The molecule has 2 heterocycles. The van der Waals surface area contributed by atoms with Gasteiger partial charge in [-0.1, -0.05) is 24.3 Å². The fourth-order valence-corrected chi connectivity index (χ4v) is 5.69. The normalized spacial score (nSPS) is 17.7. The summed E-state index contributed by atoms with van der Waals surface area (Å²) in [6, 6.07) is 8.61. The predicted molar refractivity (Wildman–Crippen MR) is 128 cm³/mol. The summed E-state index contributed by atoms with van der Waals surface area (Å²) in [4.78, 5) is 15.5. The second-order valence-corrected chi connectivity index (χ2v) is 9.81. The highest BCUT2D eigenvalue weighted by molar-refractivity contribution is 7.11. The summed E-state index contributed by atoms with van der Waals surface area (Å²) < 4.78 is 0. The van der Waals surface area contributed by atoms with Crippen molar-refractivity contribution in [2.24, 2.45) is 4.99 Å². The smallest absolute Gasteiger partial charge is 0.194 e. The number of nitrogens with one attached hydrogen (secondary N) is 1. The number of aliphatic hydroxyl groups is 1. The molecule has 1 aromatic heterocycles. The number of aromatic nitrogens is 1. The van der Waals surface area contributed by atoms with Gasteiger partial charge in [-0.15, -0.1) is 11.3 Å². The summed E-state index contributed by atoms with van der Waals surface area (Å²) in [6.45, 7) is 6.59. The molecule has 4 rings (SSSR count). The van der Waals surface area contributed by atoms with Gasteiger partial charge in [0.25, 0.3) is 0 Å². The van der Waals surface area contributed by atoms with Gasteiger partial charge in [0, 0.05) is 38.1 Å². The highest BCUT2D eigenvalue weighted by Crippen LogP contribution is 2.27. The van der Waals surface area contributed by atoms with Crippen LogP contribution in [-0.2, 0) is 32.4 Å². The van der Waals surface area contributed by atoms with Gasteiger partial charge in [0.2, 0.25) is 0 Å². The fraction of sp³-hybridized carbons (Fsp3) is 0.583. The molecule has 2 aromatic rings. The van der Waals surface area contributed by atoms with Crippen LogP contribution in [0.3, 0.4) is 0 Å². The number of aliphatic hydroxyl groups excluding tert-OH is 1. The molecule has 2 aliphatic rings. The SMILES string of the molecule is CCNC(=NCC(O)CN1CCc2ccccc2C1)N(C)Cc1nc2c(s1)CCCC2. The molecule has 0 saturated heterocycles. The lowest BCUT2D eigenvalue weighted by Gasteiger charge is -2.30. The number of β-amino-alcohol motifs (C(OH)–C–C–N with tert-alkyl or cyclic N) is 1. The molecule has 2 N–H and O–H groups in total. The molecule has 0 fully saturated rings. The van der Waals surface area contributed by atoms with Crippen molar-refractivity contribution in [3.05, 3.63) is 51.0 Å². The van der Waals surface area contributed by atoms with E-state index in [1.54, 1.807) is 0 Å². The highest BCUT2D eigenvalue weighted by atomic mass is 32.1. The van der Waals surface area contributed by atoms with E-state index in [0.29, 0.717) is 13.1 Å². The predicted octanol–water partition coefficient (Wildman–Crippen LogP) is 2.84. The number of guanidine groups is 1. The number of aryl methyl sites for hydroxylation is 2. The van der Waals surface area contributed by atoms with E-state index in [1.165, 1.54) is 41.0 Å². The molecule has 0 saturated carbocycles. The summed E-state index contributed by atoms with van der Waals surface area (Å²) in [5.41, 5.74) is 4.12. The van der Waals surface area contributed by atoms with Crippen molar-refractivity contribution < 1.29 is 5.11 Å². The minimum Gasteiger partial charge on any atom is -0.390 e. The Morgan fingerprint density at radius 1 is 1.26 bits per heavy atom. The quantitative estimate of drug-likeness (QED) is 0.511. The van der Waals surface area contributed by atoms with Gasteiger partial charge in [-0.25, -0.2) is 4.98 Å². The Kier molecular flexibility index (Phi) is 7.58. The van der Waals surface area contributed by atoms with E-state index in [4.69, 9.17) is 9.98 Å². The molecule has 0 spiro atoms. The van der Waals surface area contributed by atoms with Crippen LogP contribution in [0.1, 0.15) is 46.5 Å². The first-order valence-electron chi connectivity index (χ1n) is 11.6. The van der Waals surface area contributed by atoms with E-state index >= 15 is 0 Å². The molecule has 1 aromatic carbocycles. The highest BCUT2D eigenvalue weighted by Gasteiger charge is 2.19. The van der Waals surface area contributed by atoms with Gasteiger partial charge in [0.05, 0.1) is 24.9 Å². The number of rotatable bonds is 7. The van der Waals surface area contributed by atoms with E-state index in [9.17, 15) is 5.11 Å². The second kappa shape index (κ2) is 10.6. The van der Waals surface area contributed by atoms with Crippen molar-refractivity contribution >= 4 is 17.3 Å².